The van der Waals surface area contributed by atoms with E-state index in [1.807, 2.05) is 44.2 Å². The molecule has 220 valence electrons. The number of hydrazone groups is 1. The van der Waals surface area contributed by atoms with Crippen LogP contribution in [0.15, 0.2) is 83.2 Å². The smallest absolute Gasteiger partial charge is 0.406 e. The third-order valence-corrected chi connectivity index (χ3v) is 7.22. The van der Waals surface area contributed by atoms with Crippen LogP contribution in [0.5, 0.6) is 5.75 Å². The highest BCUT2D eigenvalue weighted by Crippen LogP contribution is 2.30. The minimum Gasteiger partial charge on any atom is -0.406 e. The molecule has 1 N–H and O–H groups in total. The highest BCUT2D eigenvalue weighted by Gasteiger charge is 2.32. The molecular weight excluding hydrogens is 583 g/mol. The second-order valence-corrected chi connectivity index (χ2v) is 10.1. The van der Waals surface area contributed by atoms with Crippen LogP contribution in [0.25, 0.3) is 17.1 Å². The van der Waals surface area contributed by atoms with Crippen molar-refractivity contribution in [2.75, 3.05) is 10.7 Å². The fourth-order valence-electron chi connectivity index (χ4n) is 4.26. The summed E-state index contributed by atoms with van der Waals surface area (Å²) in [5.41, 5.74) is 6.81. The Morgan fingerprint density at radius 1 is 1.14 bits per heavy atom. The van der Waals surface area contributed by atoms with E-state index in [2.05, 4.69) is 30.3 Å². The molecule has 0 aliphatic carbocycles. The Balaban J connectivity index is 1.23. The van der Waals surface area contributed by atoms with E-state index >= 15 is 0 Å². The number of urea groups is 1. The number of thioether (sulfide) groups is 1. The van der Waals surface area contributed by atoms with Crippen LogP contribution in [-0.2, 0) is 11.2 Å². The lowest BCUT2D eigenvalue weighted by atomic mass is 10.1. The molecule has 43 heavy (non-hydrogen) atoms. The van der Waals surface area contributed by atoms with Crippen molar-refractivity contribution >= 4 is 40.8 Å². The van der Waals surface area contributed by atoms with E-state index < -0.39 is 12.4 Å². The molecule has 0 bridgehead atoms. The number of rotatable bonds is 7. The monoisotopic (exact) mass is 607 g/mol. The third kappa shape index (κ3) is 7.09. The maximum absolute atomic E-state index is 12.5. The van der Waals surface area contributed by atoms with Crippen LogP contribution in [-0.4, -0.2) is 50.2 Å². The molecule has 4 aromatic rings. The van der Waals surface area contributed by atoms with Gasteiger partial charge in [0.15, 0.2) is 11.0 Å². The maximum Gasteiger partial charge on any atom is 0.573 e. The Labute approximate surface area is 248 Å². The number of amidine groups is 1. The molecule has 5 rings (SSSR count). The molecule has 1 aromatic heterocycles. The fourth-order valence-corrected chi connectivity index (χ4v) is 5.12. The molecule has 1 fully saturated rings. The molecule has 0 spiro atoms. The molecule has 1 aliphatic rings. The number of carbonyl (C=O) groups is 2. The van der Waals surface area contributed by atoms with E-state index in [1.165, 1.54) is 58.2 Å². The first kappa shape index (κ1) is 29.5. The zero-order chi connectivity index (χ0) is 30.6. The van der Waals surface area contributed by atoms with Crippen LogP contribution in [0.1, 0.15) is 23.6 Å². The van der Waals surface area contributed by atoms with Crippen LogP contribution in [0.3, 0.4) is 0 Å². The largest absolute Gasteiger partial charge is 0.573 e. The van der Waals surface area contributed by atoms with Crippen molar-refractivity contribution in [1.29, 1.82) is 0 Å². The zero-order valence-corrected chi connectivity index (χ0v) is 23.7. The summed E-state index contributed by atoms with van der Waals surface area (Å²) >= 11 is 1.19. The van der Waals surface area contributed by atoms with E-state index in [9.17, 15) is 22.8 Å². The maximum atomic E-state index is 12.5. The summed E-state index contributed by atoms with van der Waals surface area (Å²) in [7, 11) is 0. The molecule has 0 radical (unpaired) electrons. The lowest BCUT2D eigenvalue weighted by Gasteiger charge is -2.18. The molecule has 3 aromatic carbocycles. The minimum atomic E-state index is -4.77. The van der Waals surface area contributed by atoms with Crippen molar-refractivity contribution in [2.45, 2.75) is 26.6 Å². The predicted molar refractivity (Wildman–Crippen MR) is 158 cm³/mol. The molecule has 1 aliphatic heterocycles. The van der Waals surface area contributed by atoms with Crippen LogP contribution >= 0.6 is 11.8 Å². The molecule has 0 atom stereocenters. The number of amides is 3. The lowest BCUT2D eigenvalue weighted by Crippen LogP contribution is -2.31. The SMILES string of the molecule is CCc1ccccc1N1C(=O)CS/C1=N\C(=O)N/N=C/c1ccc(-c2ncn(-c3ccc(OC(F)(F)F)cc3)n2)cc1C. The molecule has 2 heterocycles. The number of aliphatic imine (C=N–C) groups is 1. The number of halogens is 3. The number of anilines is 1. The first-order valence-electron chi connectivity index (χ1n) is 13.0. The van der Waals surface area contributed by atoms with Crippen molar-refractivity contribution in [3.8, 4) is 22.8 Å². The van der Waals surface area contributed by atoms with Crippen molar-refractivity contribution in [2.24, 2.45) is 10.1 Å². The van der Waals surface area contributed by atoms with Crippen LogP contribution < -0.4 is 15.1 Å². The molecule has 1 saturated heterocycles. The number of hydrogen-bond donors (Lipinski definition) is 1. The second-order valence-electron chi connectivity index (χ2n) is 9.20. The number of carbonyl (C=O) groups excluding carboxylic acids is 2. The molecule has 14 heteroatoms. The normalized spacial score (nSPS) is 14.6. The van der Waals surface area contributed by atoms with Gasteiger partial charge in [-0.2, -0.15) is 10.1 Å². The zero-order valence-electron chi connectivity index (χ0n) is 22.9. The van der Waals surface area contributed by atoms with Gasteiger partial charge in [0.2, 0.25) is 5.91 Å². The summed E-state index contributed by atoms with van der Waals surface area (Å²) in [6.45, 7) is 3.85. The van der Waals surface area contributed by atoms with Crippen LogP contribution in [0.4, 0.5) is 23.7 Å². The van der Waals surface area contributed by atoms with E-state index in [0.717, 1.165) is 23.1 Å². The molecule has 0 saturated carbocycles. The molecule has 0 unspecified atom stereocenters. The van der Waals surface area contributed by atoms with E-state index in [1.54, 1.807) is 12.1 Å². The van der Waals surface area contributed by atoms with Crippen LogP contribution in [0.2, 0.25) is 0 Å². The molecule has 10 nitrogen and oxygen atoms in total. The second kappa shape index (κ2) is 12.5. The van der Waals surface area contributed by atoms with Gasteiger partial charge in [-0.3, -0.25) is 9.69 Å². The Bertz CT molecular complexity index is 1720. The van der Waals surface area contributed by atoms with Gasteiger partial charge in [-0.1, -0.05) is 49.0 Å². The standard InChI is InChI=1S/C29H24F3N7O3S/c1-3-19-6-4-5-7-24(19)39-25(40)16-43-28(39)35-27(41)36-34-15-21-9-8-20(14-18(21)2)26-33-17-38(37-26)22-10-12-23(13-11-22)42-29(30,31)32/h4-15,17H,3,16H2,1-2H3,(H,36,41)/b34-15+,35-28-. The van der Waals surface area contributed by atoms with E-state index in [-0.39, 0.29) is 22.6 Å². The van der Waals surface area contributed by atoms with Crippen LogP contribution in [0, 0.1) is 6.92 Å². The van der Waals surface area contributed by atoms with Gasteiger partial charge in [-0.15, -0.1) is 18.3 Å². The first-order valence-corrected chi connectivity index (χ1v) is 13.9. The Morgan fingerprint density at radius 2 is 1.91 bits per heavy atom. The summed E-state index contributed by atoms with van der Waals surface area (Å²) in [6, 6.07) is 17.4. The Kier molecular flexibility index (Phi) is 8.57. The minimum absolute atomic E-state index is 0.149. The fraction of sp³-hybridized carbons (Fsp3) is 0.172. The average molecular weight is 608 g/mol. The van der Waals surface area contributed by atoms with Crippen molar-refractivity contribution in [3.63, 3.8) is 0 Å². The Hall–Kier alpha value is -4.98. The van der Waals surface area contributed by atoms with Gasteiger partial charge < -0.3 is 4.74 Å². The number of ether oxygens (including phenoxy) is 1. The quantitative estimate of drug-likeness (QED) is 0.207. The molecular formula is C29H24F3N7O3S. The summed E-state index contributed by atoms with van der Waals surface area (Å²) in [5, 5.41) is 8.71. The average Bonchev–Trinajstić information content (AvgIpc) is 3.60. The first-order chi connectivity index (χ1) is 20.6. The number of nitrogens with zero attached hydrogens (tertiary/aromatic N) is 6. The van der Waals surface area contributed by atoms with Gasteiger partial charge in [-0.05, 0) is 66.4 Å². The Morgan fingerprint density at radius 3 is 2.63 bits per heavy atom. The number of para-hydroxylation sites is 1. The number of aromatic nitrogens is 3. The van der Waals surface area contributed by atoms with E-state index in [0.29, 0.717) is 22.8 Å². The van der Waals surface area contributed by atoms with Crippen molar-refractivity contribution in [1.82, 2.24) is 20.2 Å². The van der Waals surface area contributed by atoms with Gasteiger partial charge in [0, 0.05) is 5.56 Å². The van der Waals surface area contributed by atoms with Gasteiger partial charge >= 0.3 is 12.4 Å². The predicted octanol–water partition coefficient (Wildman–Crippen LogP) is 5.88. The molecule has 3 amide bonds. The van der Waals surface area contributed by atoms with Gasteiger partial charge in [0.25, 0.3) is 0 Å². The summed E-state index contributed by atoms with van der Waals surface area (Å²) in [6.07, 6.45) is -1.11. The lowest BCUT2D eigenvalue weighted by molar-refractivity contribution is -0.274. The summed E-state index contributed by atoms with van der Waals surface area (Å²) in [4.78, 5) is 34.9. The summed E-state index contributed by atoms with van der Waals surface area (Å²) < 4.78 is 42.5. The van der Waals surface area contributed by atoms with Gasteiger partial charge in [0.1, 0.15) is 12.1 Å². The number of nitrogens with one attached hydrogen (secondary N) is 1. The number of hydrogen-bond acceptors (Lipinski definition) is 7. The number of aryl methyl sites for hydroxylation is 2. The third-order valence-electron chi connectivity index (χ3n) is 6.29. The highest BCUT2D eigenvalue weighted by molar-refractivity contribution is 8.15. The van der Waals surface area contributed by atoms with E-state index in [4.69, 9.17) is 0 Å². The number of benzene rings is 3. The number of alkyl halides is 3. The van der Waals surface area contributed by atoms with Gasteiger partial charge in [-0.25, -0.2) is 19.9 Å². The van der Waals surface area contributed by atoms with Gasteiger partial charge in [0.05, 0.1) is 23.3 Å². The van der Waals surface area contributed by atoms with Crippen molar-refractivity contribution < 1.29 is 27.5 Å². The summed E-state index contributed by atoms with van der Waals surface area (Å²) in [5.74, 6) is 0.115. The highest BCUT2D eigenvalue weighted by atomic mass is 32.2. The topological polar surface area (TPSA) is 114 Å². The van der Waals surface area contributed by atoms with Crippen molar-refractivity contribution in [3.05, 3.63) is 89.7 Å².